The number of hydrogen-bond acceptors (Lipinski definition) is 5. The molecule has 0 unspecified atom stereocenters. The first-order valence-corrected chi connectivity index (χ1v) is 10.6. The second-order valence-corrected chi connectivity index (χ2v) is 8.48. The maximum Gasteiger partial charge on any atom is 0.253 e. The first-order chi connectivity index (χ1) is 13.4. The van der Waals surface area contributed by atoms with Gasteiger partial charge in [-0.3, -0.25) is 9.69 Å². The van der Waals surface area contributed by atoms with E-state index in [1.54, 1.807) is 11.0 Å². The van der Waals surface area contributed by atoms with Gasteiger partial charge in [-0.2, -0.15) is 0 Å². The van der Waals surface area contributed by atoms with Crippen LogP contribution in [0.1, 0.15) is 15.9 Å². The fourth-order valence-corrected chi connectivity index (χ4v) is 4.18. The number of sulfonamides is 1. The van der Waals surface area contributed by atoms with E-state index in [2.05, 4.69) is 21.8 Å². The molecule has 150 valence electrons. The minimum atomic E-state index is -3.73. The summed E-state index contributed by atoms with van der Waals surface area (Å²) < 4.78 is 31.9. The Kier molecular flexibility index (Phi) is 6.33. The molecule has 1 N–H and O–H groups in total. The highest BCUT2D eigenvalue weighted by molar-refractivity contribution is 7.89. The van der Waals surface area contributed by atoms with Gasteiger partial charge in [-0.15, -0.1) is 0 Å². The molecule has 1 heterocycles. The van der Waals surface area contributed by atoms with Gasteiger partial charge >= 0.3 is 0 Å². The topological polar surface area (TPSA) is 79.0 Å². The Bertz CT molecular complexity index is 924. The number of rotatable bonds is 6. The standard InChI is InChI=1S/C20H25N3O4S/c1-21-28(25,26)19-14-17(8-9-18(19)27-2)20(24)23-12-10-22(11-13-23)15-16-6-4-3-5-7-16/h3-9,14,21H,10-13,15H2,1-2H3. The molecular formula is C20H25N3O4S. The van der Waals surface area contributed by atoms with E-state index >= 15 is 0 Å². The van der Waals surface area contributed by atoms with Crippen LogP contribution in [0.4, 0.5) is 0 Å². The molecule has 0 aromatic heterocycles. The lowest BCUT2D eigenvalue weighted by molar-refractivity contribution is 0.0628. The molecule has 1 aliphatic heterocycles. The van der Waals surface area contributed by atoms with Gasteiger partial charge in [0.2, 0.25) is 10.0 Å². The van der Waals surface area contributed by atoms with Crippen LogP contribution in [0, 0.1) is 0 Å². The maximum atomic E-state index is 12.9. The fraction of sp³-hybridized carbons (Fsp3) is 0.350. The van der Waals surface area contributed by atoms with Crippen LogP contribution in [0.25, 0.3) is 0 Å². The van der Waals surface area contributed by atoms with Crippen molar-refractivity contribution < 1.29 is 17.9 Å². The zero-order chi connectivity index (χ0) is 20.1. The number of methoxy groups -OCH3 is 1. The van der Waals surface area contributed by atoms with E-state index < -0.39 is 10.0 Å². The number of benzene rings is 2. The van der Waals surface area contributed by atoms with E-state index in [9.17, 15) is 13.2 Å². The van der Waals surface area contributed by atoms with Crippen molar-refractivity contribution in [3.63, 3.8) is 0 Å². The number of nitrogens with one attached hydrogen (secondary N) is 1. The smallest absolute Gasteiger partial charge is 0.253 e. The minimum absolute atomic E-state index is 0.0361. The first kappa shape index (κ1) is 20.3. The summed E-state index contributed by atoms with van der Waals surface area (Å²) in [6.07, 6.45) is 0. The number of amides is 1. The Hall–Kier alpha value is -2.42. The third-order valence-corrected chi connectivity index (χ3v) is 6.31. The molecule has 7 nitrogen and oxygen atoms in total. The van der Waals surface area contributed by atoms with Crippen molar-refractivity contribution in [2.75, 3.05) is 40.3 Å². The SMILES string of the molecule is CNS(=O)(=O)c1cc(C(=O)N2CCN(Cc3ccccc3)CC2)ccc1OC. The van der Waals surface area contributed by atoms with Gasteiger partial charge in [0.25, 0.3) is 5.91 Å². The molecule has 0 radical (unpaired) electrons. The van der Waals surface area contributed by atoms with Gasteiger partial charge in [-0.25, -0.2) is 13.1 Å². The van der Waals surface area contributed by atoms with Gasteiger partial charge in [-0.1, -0.05) is 30.3 Å². The van der Waals surface area contributed by atoms with Crippen molar-refractivity contribution in [2.24, 2.45) is 0 Å². The third kappa shape index (κ3) is 4.52. The summed E-state index contributed by atoms with van der Waals surface area (Å²) in [5, 5.41) is 0. The molecule has 2 aromatic rings. The van der Waals surface area contributed by atoms with Crippen molar-refractivity contribution in [3.05, 3.63) is 59.7 Å². The van der Waals surface area contributed by atoms with Crippen LogP contribution in [-0.4, -0.2) is 64.5 Å². The van der Waals surface area contributed by atoms with E-state index in [1.165, 1.54) is 31.9 Å². The molecule has 28 heavy (non-hydrogen) atoms. The summed E-state index contributed by atoms with van der Waals surface area (Å²) in [5.74, 6) is 0.0353. The lowest BCUT2D eigenvalue weighted by atomic mass is 10.1. The van der Waals surface area contributed by atoms with Gasteiger partial charge in [-0.05, 0) is 30.8 Å². The lowest BCUT2D eigenvalue weighted by Gasteiger charge is -2.34. The van der Waals surface area contributed by atoms with Crippen LogP contribution in [0.5, 0.6) is 5.75 Å². The van der Waals surface area contributed by atoms with Gasteiger partial charge in [0.15, 0.2) is 0 Å². The molecular weight excluding hydrogens is 378 g/mol. The fourth-order valence-electron chi connectivity index (χ4n) is 3.26. The maximum absolute atomic E-state index is 12.9. The van der Waals surface area contributed by atoms with Gasteiger partial charge < -0.3 is 9.64 Å². The van der Waals surface area contributed by atoms with Crippen molar-refractivity contribution in [3.8, 4) is 5.75 Å². The summed E-state index contributed by atoms with van der Waals surface area (Å²) >= 11 is 0. The van der Waals surface area contributed by atoms with Crippen LogP contribution >= 0.6 is 0 Å². The first-order valence-electron chi connectivity index (χ1n) is 9.12. The summed E-state index contributed by atoms with van der Waals surface area (Å²) in [4.78, 5) is 16.9. The second kappa shape index (κ2) is 8.72. The van der Waals surface area contributed by atoms with Crippen LogP contribution in [0.3, 0.4) is 0 Å². The highest BCUT2D eigenvalue weighted by Crippen LogP contribution is 2.25. The molecule has 0 bridgehead atoms. The number of carbonyl (C=O) groups is 1. The van der Waals surface area contributed by atoms with Crippen LogP contribution < -0.4 is 9.46 Å². The Labute approximate surface area is 166 Å². The molecule has 1 saturated heterocycles. The average molecular weight is 404 g/mol. The number of nitrogens with zero attached hydrogens (tertiary/aromatic N) is 2. The molecule has 0 spiro atoms. The van der Waals surface area contributed by atoms with E-state index in [1.807, 2.05) is 18.2 Å². The minimum Gasteiger partial charge on any atom is -0.495 e. The van der Waals surface area contributed by atoms with Crippen LogP contribution in [0.2, 0.25) is 0 Å². The van der Waals surface area contributed by atoms with E-state index in [-0.39, 0.29) is 16.6 Å². The summed E-state index contributed by atoms with van der Waals surface area (Å²) in [6.45, 7) is 3.62. The molecule has 0 aliphatic carbocycles. The van der Waals surface area contributed by atoms with E-state index in [0.29, 0.717) is 18.7 Å². The average Bonchev–Trinajstić information content (AvgIpc) is 2.74. The quantitative estimate of drug-likeness (QED) is 0.792. The molecule has 1 amide bonds. The molecule has 8 heteroatoms. The summed E-state index contributed by atoms with van der Waals surface area (Å²) in [5.41, 5.74) is 1.59. The second-order valence-electron chi connectivity index (χ2n) is 6.63. The van der Waals surface area contributed by atoms with E-state index in [0.717, 1.165) is 19.6 Å². The van der Waals surface area contributed by atoms with Gasteiger partial charge in [0, 0.05) is 38.3 Å². The predicted molar refractivity (Wildman–Crippen MR) is 107 cm³/mol. The Morgan fingerprint density at radius 2 is 1.75 bits per heavy atom. The van der Waals surface area contributed by atoms with Crippen molar-refractivity contribution in [1.82, 2.24) is 14.5 Å². The van der Waals surface area contributed by atoms with Crippen LogP contribution in [-0.2, 0) is 16.6 Å². The number of ether oxygens (including phenoxy) is 1. The number of piperazine rings is 1. The zero-order valence-corrected chi connectivity index (χ0v) is 16.9. The Morgan fingerprint density at radius 1 is 1.07 bits per heavy atom. The highest BCUT2D eigenvalue weighted by Gasteiger charge is 2.25. The molecule has 0 saturated carbocycles. The summed E-state index contributed by atoms with van der Waals surface area (Å²) in [7, 11) is -0.996. The Morgan fingerprint density at radius 3 is 2.36 bits per heavy atom. The molecule has 1 fully saturated rings. The van der Waals surface area contributed by atoms with Gasteiger partial charge in [0.05, 0.1) is 7.11 Å². The monoisotopic (exact) mass is 403 g/mol. The number of hydrogen-bond donors (Lipinski definition) is 1. The normalized spacial score (nSPS) is 15.4. The van der Waals surface area contributed by atoms with Crippen molar-refractivity contribution in [2.45, 2.75) is 11.4 Å². The van der Waals surface area contributed by atoms with E-state index in [4.69, 9.17) is 4.74 Å². The largest absolute Gasteiger partial charge is 0.495 e. The zero-order valence-electron chi connectivity index (χ0n) is 16.1. The lowest BCUT2D eigenvalue weighted by Crippen LogP contribution is -2.48. The predicted octanol–water partition coefficient (Wildman–Crippen LogP) is 1.56. The molecule has 3 rings (SSSR count). The van der Waals surface area contributed by atoms with Crippen LogP contribution in [0.15, 0.2) is 53.4 Å². The highest BCUT2D eigenvalue weighted by atomic mass is 32.2. The molecule has 0 atom stereocenters. The number of carbonyl (C=O) groups excluding carboxylic acids is 1. The summed E-state index contributed by atoms with van der Waals surface area (Å²) in [6, 6.07) is 14.7. The molecule has 2 aromatic carbocycles. The molecule has 1 aliphatic rings. The van der Waals surface area contributed by atoms with Crippen molar-refractivity contribution in [1.29, 1.82) is 0 Å². The third-order valence-electron chi connectivity index (χ3n) is 4.88. The Balaban J connectivity index is 1.69. The van der Waals surface area contributed by atoms with Crippen molar-refractivity contribution >= 4 is 15.9 Å². The van der Waals surface area contributed by atoms with Gasteiger partial charge in [0.1, 0.15) is 10.6 Å².